The fraction of sp³-hybridized carbons (Fsp3) is 0.650. The van der Waals surface area contributed by atoms with Gasteiger partial charge in [-0.2, -0.15) is 0 Å². The first-order valence-corrected chi connectivity index (χ1v) is 30.2. The molecule has 83 heavy (non-hydrogen) atoms. The number of hydrogen-bond donors (Lipinski definition) is 12. The van der Waals surface area contributed by atoms with Crippen molar-refractivity contribution in [1.29, 1.82) is 0 Å². The number of aliphatic hydroxyl groups excluding tert-OH is 6. The molecule has 0 bridgehead atoms. The minimum atomic E-state index is -2.17. The van der Waals surface area contributed by atoms with E-state index in [0.717, 1.165) is 52.6 Å². The second-order valence-corrected chi connectivity index (χ2v) is 24.0. The molecule has 23 heteroatoms. The molecule has 10 unspecified atom stereocenters. The second kappa shape index (κ2) is 33.2. The number of ether oxygens (including phenoxy) is 1. The summed E-state index contributed by atoms with van der Waals surface area (Å²) in [5.41, 5.74) is 7.12. The lowest BCUT2D eigenvalue weighted by molar-refractivity contribution is -0.145. The zero-order chi connectivity index (χ0) is 61.1. The number of fused-ring (bicyclic) bond motifs is 2. The van der Waals surface area contributed by atoms with Crippen LogP contribution < -0.4 is 32.3 Å². The smallest absolute Gasteiger partial charge is 0.248 e. The van der Waals surface area contributed by atoms with Crippen molar-refractivity contribution in [2.24, 2.45) is 17.6 Å². The van der Waals surface area contributed by atoms with Crippen LogP contribution in [0.15, 0.2) is 65.3 Å². The van der Waals surface area contributed by atoms with E-state index in [4.69, 9.17) is 10.5 Å². The molecule has 3 aliphatic heterocycles. The lowest BCUT2D eigenvalue weighted by Gasteiger charge is -2.37. The van der Waals surface area contributed by atoms with Gasteiger partial charge in [-0.05, 0) is 87.5 Å². The van der Waals surface area contributed by atoms with Crippen LogP contribution in [0.4, 0.5) is 0 Å². The first kappa shape index (κ1) is 68.3. The molecule has 2 aromatic rings. The number of rotatable bonds is 24. The number of amides is 7. The van der Waals surface area contributed by atoms with Crippen molar-refractivity contribution in [2.75, 3.05) is 19.7 Å². The van der Waals surface area contributed by atoms with Gasteiger partial charge >= 0.3 is 0 Å². The normalized spacial score (nSPS) is 26.4. The fourth-order valence-electron chi connectivity index (χ4n) is 11.1. The molecule has 3 aliphatic rings. The summed E-state index contributed by atoms with van der Waals surface area (Å²) in [5, 5.41) is 81.9. The SMILES string of the molecule is C=C1C([C@H](O)CC(N)=O)NC(=O)C(C(O)[C@@H](O)c2ccc(C)cc2)NC(=O)C2C[C@@H](O)CN2C(=O)C([C@@H](C)O)NC(=O)C(NC(=O)CCCCCCCCC(C)CC(C)CC)CCC(OCCc2ccc(Br)cc2)NC(=O)C2[C@@H](O)CCN12. The first-order valence-electron chi connectivity index (χ1n) is 29.4. The standard InChI is InChI=1S/C60H91BrN8O14/c1-7-34(2)30-36(4)14-12-10-8-9-11-13-15-48(75)63-43-24-25-49(83-29-27-39-18-22-41(61)23-19-39)64-59(81)53-45(72)26-28-68(53)37(5)50(46(73)32-47(62)74)65-58(80)52(55(77)54(76)40-20-16-35(3)17-21-40)67-57(79)44-31-42(71)33-69(44)60(82)51(38(6)70)66-56(43)78/h16-23,34,36,38,42-46,49-55,70-73,76-77H,5,7-15,24-33H2,1-4,6H3,(H2,62,74)(H,63,75)(H,64,81)(H,65,80)(H,66,78)(H,67,79)/t34?,36?,38-,42-,43?,44?,45+,46-,49?,50?,51?,52?,53?,54+,55?/m1/s1. The summed E-state index contributed by atoms with van der Waals surface area (Å²) in [7, 11) is 0. The average Bonchev–Trinajstić information content (AvgIpc) is 4.07. The zero-order valence-corrected chi connectivity index (χ0v) is 50.3. The predicted octanol–water partition coefficient (Wildman–Crippen LogP) is 2.31. The van der Waals surface area contributed by atoms with Crippen LogP contribution in [0, 0.1) is 18.8 Å². The summed E-state index contributed by atoms with van der Waals surface area (Å²) in [6, 6.07) is 3.55. The maximum absolute atomic E-state index is 14.7. The Morgan fingerprint density at radius 2 is 1.42 bits per heavy atom. The number of carbonyl (C=O) groups is 7. The third-order valence-electron chi connectivity index (χ3n) is 16.2. The molecule has 22 nitrogen and oxygen atoms in total. The number of benzene rings is 2. The van der Waals surface area contributed by atoms with E-state index >= 15 is 0 Å². The lowest BCUT2D eigenvalue weighted by Crippen LogP contribution is -2.63. The van der Waals surface area contributed by atoms with E-state index in [1.54, 1.807) is 19.1 Å². The van der Waals surface area contributed by atoms with Crippen LogP contribution >= 0.6 is 15.9 Å². The van der Waals surface area contributed by atoms with Crippen LogP contribution in [0.1, 0.15) is 147 Å². The number of unbranched alkanes of at least 4 members (excludes halogenated alkanes) is 5. The molecule has 0 radical (unpaired) electrons. The first-order chi connectivity index (χ1) is 39.4. The maximum atomic E-state index is 14.7. The van der Waals surface area contributed by atoms with Crippen LogP contribution in [0.3, 0.4) is 0 Å². The summed E-state index contributed by atoms with van der Waals surface area (Å²) in [6.45, 7) is 13.4. The van der Waals surface area contributed by atoms with Gasteiger partial charge in [0.2, 0.25) is 41.4 Å². The molecule has 3 fully saturated rings. The number of carbonyl (C=O) groups excluding carboxylic acids is 7. The highest BCUT2D eigenvalue weighted by molar-refractivity contribution is 9.10. The van der Waals surface area contributed by atoms with Gasteiger partial charge in [0.15, 0.2) is 0 Å². The molecule has 0 aliphatic carbocycles. The van der Waals surface area contributed by atoms with Crippen LogP contribution in [0.2, 0.25) is 0 Å². The number of aryl methyl sites for hydroxylation is 1. The van der Waals surface area contributed by atoms with Gasteiger partial charge in [-0.3, -0.25) is 33.6 Å². The number of halogens is 1. The Morgan fingerprint density at radius 1 is 0.783 bits per heavy atom. The molecule has 0 spiro atoms. The van der Waals surface area contributed by atoms with Crippen molar-refractivity contribution in [2.45, 2.75) is 216 Å². The van der Waals surface area contributed by atoms with Gasteiger partial charge in [0.25, 0.3) is 0 Å². The van der Waals surface area contributed by atoms with Gasteiger partial charge in [0.05, 0.1) is 43.5 Å². The highest BCUT2D eigenvalue weighted by Crippen LogP contribution is 2.29. The van der Waals surface area contributed by atoms with E-state index in [1.807, 2.05) is 24.3 Å². The molecule has 5 rings (SSSR count). The Kier molecular flexibility index (Phi) is 27.3. The number of nitrogens with two attached hydrogens (primary N) is 1. The second-order valence-electron chi connectivity index (χ2n) is 23.1. The zero-order valence-electron chi connectivity index (χ0n) is 48.7. The van der Waals surface area contributed by atoms with Gasteiger partial charge in [-0.1, -0.05) is 130 Å². The van der Waals surface area contributed by atoms with Crippen LogP contribution in [0.25, 0.3) is 0 Å². The lowest BCUT2D eigenvalue weighted by atomic mass is 9.91. The topological polar surface area (TPSA) is 343 Å². The molecule has 3 saturated heterocycles. The van der Waals surface area contributed by atoms with Crippen molar-refractivity contribution in [3.05, 3.63) is 82.0 Å². The minimum Gasteiger partial charge on any atom is -0.391 e. The highest BCUT2D eigenvalue weighted by atomic mass is 79.9. The maximum Gasteiger partial charge on any atom is 0.248 e. The monoisotopic (exact) mass is 1230 g/mol. The molecule has 15 atom stereocenters. The molecule has 0 saturated carbocycles. The Morgan fingerprint density at radius 3 is 2.07 bits per heavy atom. The van der Waals surface area contributed by atoms with Crippen molar-refractivity contribution in [1.82, 2.24) is 36.4 Å². The van der Waals surface area contributed by atoms with Gasteiger partial charge in [-0.15, -0.1) is 0 Å². The van der Waals surface area contributed by atoms with Gasteiger partial charge < -0.3 is 77.5 Å². The Bertz CT molecular complexity index is 2470. The van der Waals surface area contributed by atoms with Crippen molar-refractivity contribution in [3.8, 4) is 0 Å². The third kappa shape index (κ3) is 20.6. The minimum absolute atomic E-state index is 0.0299. The van der Waals surface area contributed by atoms with Gasteiger partial charge in [-0.25, -0.2) is 0 Å². The van der Waals surface area contributed by atoms with E-state index in [1.165, 1.54) is 43.2 Å². The summed E-state index contributed by atoms with van der Waals surface area (Å²) < 4.78 is 7.16. The van der Waals surface area contributed by atoms with Crippen LogP contribution in [-0.4, -0.2) is 174 Å². The largest absolute Gasteiger partial charge is 0.391 e. The number of nitrogens with one attached hydrogen (secondary N) is 5. The Labute approximate surface area is 496 Å². The molecule has 2 aromatic carbocycles. The summed E-state index contributed by atoms with van der Waals surface area (Å²) in [5.74, 6) is -5.27. The van der Waals surface area contributed by atoms with E-state index in [-0.39, 0.29) is 50.1 Å². The van der Waals surface area contributed by atoms with E-state index < -0.39 is 140 Å². The highest BCUT2D eigenvalue weighted by Gasteiger charge is 2.47. The molecule has 13 N–H and O–H groups in total. The van der Waals surface area contributed by atoms with Crippen LogP contribution in [0.5, 0.6) is 0 Å². The third-order valence-corrected chi connectivity index (χ3v) is 16.7. The molecular formula is C60H91BrN8O14. The van der Waals surface area contributed by atoms with Crippen molar-refractivity contribution in [3.63, 3.8) is 0 Å². The number of nitrogens with zero attached hydrogens (tertiary/aromatic N) is 2. The van der Waals surface area contributed by atoms with Crippen molar-refractivity contribution < 1.29 is 68.9 Å². The van der Waals surface area contributed by atoms with Crippen LogP contribution in [-0.2, 0) is 44.7 Å². The summed E-state index contributed by atoms with van der Waals surface area (Å²) >= 11 is 3.43. The molecule has 3 heterocycles. The van der Waals surface area contributed by atoms with Gasteiger partial charge in [0, 0.05) is 36.1 Å². The Hall–Kier alpha value is -5.53. The molecule has 7 amide bonds. The Balaban J connectivity index is 1.51. The number of primary amides is 1. The van der Waals surface area contributed by atoms with Crippen molar-refractivity contribution >= 4 is 57.3 Å². The van der Waals surface area contributed by atoms with E-state index in [0.29, 0.717) is 24.7 Å². The molecular weight excluding hydrogens is 1140 g/mol. The molecule has 0 aromatic heterocycles. The van der Waals surface area contributed by atoms with E-state index in [9.17, 15) is 64.2 Å². The summed E-state index contributed by atoms with van der Waals surface area (Å²) in [6.07, 6.45) is -3.66. The quantitative estimate of drug-likeness (QED) is 0.0671. The number of hydrogen-bond acceptors (Lipinski definition) is 15. The average molecular weight is 1230 g/mol. The predicted molar refractivity (Wildman–Crippen MR) is 313 cm³/mol. The van der Waals surface area contributed by atoms with E-state index in [2.05, 4.69) is 69.9 Å². The number of aliphatic hydroxyl groups is 6. The summed E-state index contributed by atoms with van der Waals surface area (Å²) in [4.78, 5) is 102. The van der Waals surface area contributed by atoms with Gasteiger partial charge in [0.1, 0.15) is 48.6 Å². The molecule has 462 valence electrons. The fourth-order valence-corrected chi connectivity index (χ4v) is 11.4.